The van der Waals surface area contributed by atoms with Gasteiger partial charge >= 0.3 is 12.0 Å². The van der Waals surface area contributed by atoms with E-state index in [1.165, 1.54) is 5.56 Å². The van der Waals surface area contributed by atoms with Gasteiger partial charge in [0.1, 0.15) is 6.04 Å². The Bertz CT molecular complexity index is 417. The molecule has 0 aliphatic heterocycles. The molecule has 1 aromatic heterocycles. The Hall–Kier alpha value is -1.56. The van der Waals surface area contributed by atoms with Gasteiger partial charge in [-0.15, -0.1) is 11.3 Å². The number of nitrogens with one attached hydrogen (secondary N) is 2. The molecule has 0 unspecified atom stereocenters. The normalized spacial score (nSPS) is 11.9. The fraction of sp³-hybridized carbons (Fsp3) is 0.500. The summed E-state index contributed by atoms with van der Waals surface area (Å²) in [5.41, 5.74) is 1.21. The van der Waals surface area contributed by atoms with Gasteiger partial charge in [0.25, 0.3) is 0 Å². The average molecular weight is 270 g/mol. The first-order valence-corrected chi connectivity index (χ1v) is 6.78. The molecule has 0 aliphatic carbocycles. The maximum atomic E-state index is 11.5. The number of rotatable bonds is 6. The summed E-state index contributed by atoms with van der Waals surface area (Å²) in [6.07, 6.45) is 1.29. The Morgan fingerprint density at radius 3 is 2.72 bits per heavy atom. The number of thiophene rings is 1. The Labute approximate surface area is 110 Å². The Morgan fingerprint density at radius 1 is 1.44 bits per heavy atom. The second kappa shape index (κ2) is 7.00. The second-order valence-corrected chi connectivity index (χ2v) is 4.85. The monoisotopic (exact) mass is 270 g/mol. The van der Waals surface area contributed by atoms with Gasteiger partial charge in [-0.3, -0.25) is 0 Å². The number of aryl methyl sites for hydroxylation is 1. The van der Waals surface area contributed by atoms with Crippen molar-refractivity contribution in [2.45, 2.75) is 39.3 Å². The minimum absolute atomic E-state index is 0.363. The lowest BCUT2D eigenvalue weighted by Gasteiger charge is -2.13. The van der Waals surface area contributed by atoms with Crippen molar-refractivity contribution in [3.63, 3.8) is 0 Å². The minimum atomic E-state index is -1.02. The zero-order valence-corrected chi connectivity index (χ0v) is 11.3. The van der Waals surface area contributed by atoms with Crippen molar-refractivity contribution >= 4 is 23.3 Å². The van der Waals surface area contributed by atoms with Gasteiger partial charge in [-0.1, -0.05) is 13.8 Å². The quantitative estimate of drug-likeness (QED) is 0.739. The van der Waals surface area contributed by atoms with Gasteiger partial charge in [0.05, 0.1) is 6.54 Å². The van der Waals surface area contributed by atoms with E-state index in [2.05, 4.69) is 17.6 Å². The molecule has 0 aromatic carbocycles. The van der Waals surface area contributed by atoms with Crippen LogP contribution in [0.5, 0.6) is 0 Å². The summed E-state index contributed by atoms with van der Waals surface area (Å²) < 4.78 is 0. The van der Waals surface area contributed by atoms with Crippen LogP contribution in [0.3, 0.4) is 0 Å². The summed E-state index contributed by atoms with van der Waals surface area (Å²) in [4.78, 5) is 23.4. The van der Waals surface area contributed by atoms with Crippen LogP contribution in [-0.2, 0) is 17.8 Å². The highest BCUT2D eigenvalue weighted by Crippen LogP contribution is 2.16. The number of carboxylic acid groups (broad SMARTS) is 1. The first kappa shape index (κ1) is 14.5. The van der Waals surface area contributed by atoms with Gasteiger partial charge in [0, 0.05) is 4.88 Å². The number of hydrogen-bond acceptors (Lipinski definition) is 3. The average Bonchev–Trinajstić information content (AvgIpc) is 2.80. The van der Waals surface area contributed by atoms with Gasteiger partial charge in [0.15, 0.2) is 0 Å². The molecule has 0 saturated heterocycles. The van der Waals surface area contributed by atoms with Crippen molar-refractivity contribution in [1.82, 2.24) is 10.6 Å². The van der Waals surface area contributed by atoms with E-state index >= 15 is 0 Å². The van der Waals surface area contributed by atoms with Crippen LogP contribution in [0.4, 0.5) is 4.79 Å². The van der Waals surface area contributed by atoms with Crippen molar-refractivity contribution in [3.8, 4) is 0 Å². The van der Waals surface area contributed by atoms with E-state index in [1.54, 1.807) is 18.3 Å². The number of urea groups is 1. The topological polar surface area (TPSA) is 78.4 Å². The van der Waals surface area contributed by atoms with Crippen LogP contribution in [-0.4, -0.2) is 23.1 Å². The fourth-order valence-electron chi connectivity index (χ4n) is 1.55. The molecule has 1 heterocycles. The van der Waals surface area contributed by atoms with E-state index in [0.717, 1.165) is 11.3 Å². The standard InChI is InChI=1S/C12H18N2O3S/c1-3-8-5-6-18-10(8)7-13-12(17)14-9(4-2)11(15)16/h5-6,9H,3-4,7H2,1-2H3,(H,15,16)(H2,13,14,17)/t9-/m1/s1. The largest absolute Gasteiger partial charge is 0.480 e. The molecular formula is C12H18N2O3S. The highest BCUT2D eigenvalue weighted by molar-refractivity contribution is 7.10. The SMILES string of the molecule is CCc1ccsc1CNC(=O)N[C@H](CC)C(=O)O. The highest BCUT2D eigenvalue weighted by atomic mass is 32.1. The number of aliphatic carboxylic acids is 1. The summed E-state index contributed by atoms with van der Waals surface area (Å²) in [6, 6.07) is 0.754. The summed E-state index contributed by atoms with van der Waals surface area (Å²) in [5, 5.41) is 15.9. The van der Waals surface area contributed by atoms with Crippen molar-refractivity contribution < 1.29 is 14.7 Å². The van der Waals surface area contributed by atoms with E-state index in [-0.39, 0.29) is 0 Å². The fourth-order valence-corrected chi connectivity index (χ4v) is 2.46. The number of hydrogen-bond donors (Lipinski definition) is 3. The number of amides is 2. The van der Waals surface area contributed by atoms with Crippen LogP contribution in [0, 0.1) is 0 Å². The molecule has 1 atom stereocenters. The van der Waals surface area contributed by atoms with Crippen molar-refractivity contribution in [2.24, 2.45) is 0 Å². The molecule has 0 aliphatic rings. The molecule has 1 aromatic rings. The van der Waals surface area contributed by atoms with Crippen LogP contribution < -0.4 is 10.6 Å². The summed E-state index contributed by atoms with van der Waals surface area (Å²) in [5.74, 6) is -1.02. The van der Waals surface area contributed by atoms with E-state index < -0.39 is 18.0 Å². The van der Waals surface area contributed by atoms with E-state index in [9.17, 15) is 9.59 Å². The number of carbonyl (C=O) groups is 2. The lowest BCUT2D eigenvalue weighted by molar-refractivity contribution is -0.139. The van der Waals surface area contributed by atoms with Gasteiger partial charge in [-0.25, -0.2) is 9.59 Å². The predicted molar refractivity (Wildman–Crippen MR) is 70.8 cm³/mol. The zero-order chi connectivity index (χ0) is 13.5. The molecule has 5 nitrogen and oxygen atoms in total. The van der Waals surface area contributed by atoms with Crippen LogP contribution in [0.15, 0.2) is 11.4 Å². The third-order valence-corrected chi connectivity index (χ3v) is 3.60. The van der Waals surface area contributed by atoms with Gasteiger partial charge in [0.2, 0.25) is 0 Å². The molecule has 0 spiro atoms. The third kappa shape index (κ3) is 4.03. The Kier molecular flexibility index (Phi) is 5.64. The lowest BCUT2D eigenvalue weighted by atomic mass is 10.2. The molecule has 0 radical (unpaired) electrons. The van der Waals surface area contributed by atoms with E-state index in [0.29, 0.717) is 13.0 Å². The van der Waals surface area contributed by atoms with Crippen LogP contribution in [0.2, 0.25) is 0 Å². The van der Waals surface area contributed by atoms with Gasteiger partial charge in [-0.05, 0) is 29.9 Å². The van der Waals surface area contributed by atoms with E-state index in [1.807, 2.05) is 11.4 Å². The molecule has 1 rings (SSSR count). The minimum Gasteiger partial charge on any atom is -0.480 e. The van der Waals surface area contributed by atoms with Gasteiger partial charge in [-0.2, -0.15) is 0 Å². The smallest absolute Gasteiger partial charge is 0.326 e. The third-order valence-electron chi connectivity index (χ3n) is 2.64. The maximum absolute atomic E-state index is 11.5. The molecule has 6 heteroatoms. The molecule has 0 saturated carbocycles. The zero-order valence-electron chi connectivity index (χ0n) is 10.5. The molecule has 100 valence electrons. The van der Waals surface area contributed by atoms with Crippen molar-refractivity contribution in [2.75, 3.05) is 0 Å². The molecule has 18 heavy (non-hydrogen) atoms. The highest BCUT2D eigenvalue weighted by Gasteiger charge is 2.17. The number of carboxylic acids is 1. The van der Waals surface area contributed by atoms with Crippen LogP contribution in [0.25, 0.3) is 0 Å². The Balaban J connectivity index is 2.44. The first-order chi connectivity index (χ1) is 8.58. The van der Waals surface area contributed by atoms with Gasteiger partial charge < -0.3 is 15.7 Å². The molecule has 3 N–H and O–H groups in total. The van der Waals surface area contributed by atoms with Crippen LogP contribution in [0.1, 0.15) is 30.7 Å². The van der Waals surface area contributed by atoms with Crippen molar-refractivity contribution in [3.05, 3.63) is 21.9 Å². The number of carbonyl (C=O) groups excluding carboxylic acids is 1. The van der Waals surface area contributed by atoms with E-state index in [4.69, 9.17) is 5.11 Å². The summed E-state index contributed by atoms with van der Waals surface area (Å²) >= 11 is 1.59. The summed E-state index contributed by atoms with van der Waals surface area (Å²) in [6.45, 7) is 4.21. The summed E-state index contributed by atoms with van der Waals surface area (Å²) in [7, 11) is 0. The Morgan fingerprint density at radius 2 is 2.17 bits per heavy atom. The predicted octanol–water partition coefficient (Wildman–Crippen LogP) is 1.97. The molecule has 0 fully saturated rings. The molecule has 0 bridgehead atoms. The molecular weight excluding hydrogens is 252 g/mol. The van der Waals surface area contributed by atoms with Crippen molar-refractivity contribution in [1.29, 1.82) is 0 Å². The van der Waals surface area contributed by atoms with Crippen LogP contribution >= 0.6 is 11.3 Å². The maximum Gasteiger partial charge on any atom is 0.326 e. The molecule has 2 amide bonds. The second-order valence-electron chi connectivity index (χ2n) is 3.85. The first-order valence-electron chi connectivity index (χ1n) is 5.90. The lowest BCUT2D eigenvalue weighted by Crippen LogP contribution is -2.45.